The van der Waals surface area contributed by atoms with Gasteiger partial charge in [0.15, 0.2) is 0 Å². The van der Waals surface area contributed by atoms with Gasteiger partial charge in [-0.3, -0.25) is 9.59 Å². The molecule has 3 nitrogen and oxygen atoms in total. The van der Waals surface area contributed by atoms with Crippen molar-refractivity contribution in [2.24, 2.45) is 0 Å². The van der Waals surface area contributed by atoms with Crippen LogP contribution in [0.3, 0.4) is 0 Å². The Morgan fingerprint density at radius 3 is 2.58 bits per heavy atom. The van der Waals surface area contributed by atoms with E-state index in [0.29, 0.717) is 4.88 Å². The molecule has 0 bridgehead atoms. The average molecular weight is 184 g/mol. The van der Waals surface area contributed by atoms with Gasteiger partial charge in [-0.2, -0.15) is 0 Å². The van der Waals surface area contributed by atoms with Crippen LogP contribution in [0.5, 0.6) is 0 Å². The summed E-state index contributed by atoms with van der Waals surface area (Å²) in [6, 6.07) is 3.39. The monoisotopic (exact) mass is 184 g/mol. The first-order chi connectivity index (χ1) is 5.63. The van der Waals surface area contributed by atoms with Gasteiger partial charge in [0.05, 0.1) is 0 Å². The Morgan fingerprint density at radius 1 is 1.58 bits per heavy atom. The Labute approximate surface area is 73.6 Å². The van der Waals surface area contributed by atoms with Crippen molar-refractivity contribution in [2.45, 2.75) is 12.8 Å². The lowest BCUT2D eigenvalue weighted by Crippen LogP contribution is -2.17. The molecule has 1 N–H and O–H groups in total. The van der Waals surface area contributed by atoms with Crippen LogP contribution in [0.2, 0.25) is 0 Å². The third kappa shape index (κ3) is 1.71. The predicted molar refractivity (Wildman–Crippen MR) is 45.4 cm³/mol. The number of carboxylic acids is 1. The van der Waals surface area contributed by atoms with Gasteiger partial charge in [-0.15, -0.1) is 11.3 Å². The van der Waals surface area contributed by atoms with Crippen LogP contribution in [0.25, 0.3) is 0 Å². The highest BCUT2D eigenvalue weighted by Gasteiger charge is 2.25. The molecule has 1 aromatic rings. The van der Waals surface area contributed by atoms with Crippen LogP contribution in [-0.2, 0) is 9.59 Å². The predicted octanol–water partition coefficient (Wildman–Crippen LogP) is 1.51. The van der Waals surface area contributed by atoms with Crippen molar-refractivity contribution in [3.05, 3.63) is 22.4 Å². The van der Waals surface area contributed by atoms with Gasteiger partial charge in [-0.1, -0.05) is 6.07 Å². The van der Waals surface area contributed by atoms with Gasteiger partial charge in [0, 0.05) is 4.88 Å². The first kappa shape index (κ1) is 8.93. The zero-order chi connectivity index (χ0) is 9.14. The molecule has 64 valence electrons. The molecule has 12 heavy (non-hydrogen) atoms. The van der Waals surface area contributed by atoms with Gasteiger partial charge in [-0.25, -0.2) is 0 Å². The molecule has 1 heterocycles. The van der Waals surface area contributed by atoms with E-state index < -0.39 is 11.9 Å². The molecule has 1 unspecified atom stereocenters. The lowest BCUT2D eigenvalue weighted by Gasteiger charge is -2.04. The number of carboxylic acid groups (broad SMARTS) is 1. The molecule has 0 aliphatic rings. The fourth-order valence-corrected chi connectivity index (χ4v) is 1.83. The van der Waals surface area contributed by atoms with Crippen molar-refractivity contribution in [1.29, 1.82) is 0 Å². The zero-order valence-electron chi connectivity index (χ0n) is 6.48. The molecule has 1 aromatic heterocycles. The smallest absolute Gasteiger partial charge is 0.319 e. The topological polar surface area (TPSA) is 54.4 Å². The highest BCUT2D eigenvalue weighted by Crippen LogP contribution is 2.22. The third-order valence-corrected chi connectivity index (χ3v) is 2.42. The second-order valence-corrected chi connectivity index (χ2v) is 3.38. The van der Waals surface area contributed by atoms with Crippen molar-refractivity contribution in [3.63, 3.8) is 0 Å². The van der Waals surface area contributed by atoms with E-state index in [4.69, 9.17) is 5.11 Å². The lowest BCUT2D eigenvalue weighted by molar-refractivity contribution is -0.141. The fraction of sp³-hybridized carbons (Fsp3) is 0.250. The molecule has 0 fully saturated rings. The average Bonchev–Trinajstić information content (AvgIpc) is 2.37. The van der Waals surface area contributed by atoms with E-state index in [2.05, 4.69) is 0 Å². The van der Waals surface area contributed by atoms with E-state index in [1.54, 1.807) is 17.5 Å². The Bertz CT molecular complexity index is 275. The fourth-order valence-electron chi connectivity index (χ4n) is 0.951. The van der Waals surface area contributed by atoms with Gasteiger partial charge < -0.3 is 5.11 Å². The van der Waals surface area contributed by atoms with E-state index >= 15 is 0 Å². The highest BCUT2D eigenvalue weighted by molar-refractivity contribution is 7.10. The standard InChI is InChI=1S/C8H8O3S/c1-5(9)7(8(10)11)6-3-2-4-12-6/h2-4,7H,1H3,(H,10,11). The van der Waals surface area contributed by atoms with Crippen LogP contribution < -0.4 is 0 Å². The third-order valence-electron chi connectivity index (χ3n) is 1.48. The number of carbonyl (C=O) groups excluding carboxylic acids is 1. The molecule has 1 atom stereocenters. The van der Waals surface area contributed by atoms with Gasteiger partial charge in [0.1, 0.15) is 11.7 Å². The maximum atomic E-state index is 10.9. The van der Waals surface area contributed by atoms with Crippen LogP contribution >= 0.6 is 11.3 Å². The number of Topliss-reactive ketones (excluding diaryl/α,β-unsaturated/α-hetero) is 1. The molecule has 0 aromatic carbocycles. The van der Waals surface area contributed by atoms with Crippen molar-refractivity contribution in [3.8, 4) is 0 Å². The maximum Gasteiger partial charge on any atom is 0.319 e. The first-order valence-corrected chi connectivity index (χ1v) is 4.27. The normalized spacial score (nSPS) is 12.4. The zero-order valence-corrected chi connectivity index (χ0v) is 7.30. The van der Waals surface area contributed by atoms with Crippen molar-refractivity contribution >= 4 is 23.1 Å². The summed E-state index contributed by atoms with van der Waals surface area (Å²) in [5.41, 5.74) is 0. The Hall–Kier alpha value is -1.16. The Kier molecular flexibility index (Phi) is 2.60. The van der Waals surface area contributed by atoms with E-state index in [0.717, 1.165) is 0 Å². The van der Waals surface area contributed by atoms with Gasteiger partial charge >= 0.3 is 5.97 Å². The quantitative estimate of drug-likeness (QED) is 0.724. The first-order valence-electron chi connectivity index (χ1n) is 3.39. The molecular weight excluding hydrogens is 176 g/mol. The van der Waals surface area contributed by atoms with Crippen LogP contribution in [0.4, 0.5) is 0 Å². The van der Waals surface area contributed by atoms with Crippen LogP contribution in [0, 0.1) is 0 Å². The minimum absolute atomic E-state index is 0.329. The van der Waals surface area contributed by atoms with E-state index in [9.17, 15) is 9.59 Å². The molecule has 0 amide bonds. The summed E-state index contributed by atoms with van der Waals surface area (Å²) in [5.74, 6) is -2.39. The summed E-state index contributed by atoms with van der Waals surface area (Å²) in [5, 5.41) is 10.5. The number of hydrogen-bond acceptors (Lipinski definition) is 3. The minimum Gasteiger partial charge on any atom is -0.480 e. The molecule has 0 saturated heterocycles. The minimum atomic E-state index is -1.08. The molecule has 0 spiro atoms. The molecule has 4 heteroatoms. The van der Waals surface area contributed by atoms with Crippen LogP contribution in [0.1, 0.15) is 17.7 Å². The van der Waals surface area contributed by atoms with Gasteiger partial charge in [0.2, 0.25) is 0 Å². The summed E-state index contributed by atoms with van der Waals surface area (Å²) >= 11 is 1.29. The summed E-state index contributed by atoms with van der Waals surface area (Å²) in [7, 11) is 0. The van der Waals surface area contributed by atoms with Crippen LogP contribution in [-0.4, -0.2) is 16.9 Å². The maximum absolute atomic E-state index is 10.9. The Morgan fingerprint density at radius 2 is 2.25 bits per heavy atom. The number of ketones is 1. The number of hydrogen-bond donors (Lipinski definition) is 1. The molecule has 0 aliphatic heterocycles. The number of rotatable bonds is 3. The van der Waals surface area contributed by atoms with Gasteiger partial charge in [0.25, 0.3) is 0 Å². The summed E-state index contributed by atoms with van der Waals surface area (Å²) < 4.78 is 0. The summed E-state index contributed by atoms with van der Waals surface area (Å²) in [4.78, 5) is 22.1. The molecule has 0 radical (unpaired) electrons. The van der Waals surface area contributed by atoms with E-state index in [-0.39, 0.29) is 5.78 Å². The van der Waals surface area contributed by atoms with Crippen molar-refractivity contribution < 1.29 is 14.7 Å². The van der Waals surface area contributed by atoms with Crippen LogP contribution in [0.15, 0.2) is 17.5 Å². The summed E-state index contributed by atoms with van der Waals surface area (Å²) in [6.45, 7) is 1.29. The van der Waals surface area contributed by atoms with Crippen molar-refractivity contribution in [1.82, 2.24) is 0 Å². The number of aliphatic carboxylic acids is 1. The molecule has 1 rings (SSSR count). The van der Waals surface area contributed by atoms with Gasteiger partial charge in [-0.05, 0) is 18.4 Å². The summed E-state index contributed by atoms with van der Waals surface area (Å²) in [6.07, 6.45) is 0. The molecule has 0 aliphatic carbocycles. The van der Waals surface area contributed by atoms with E-state index in [1.807, 2.05) is 0 Å². The van der Waals surface area contributed by atoms with E-state index in [1.165, 1.54) is 18.3 Å². The number of thiophene rings is 1. The molecular formula is C8H8O3S. The lowest BCUT2D eigenvalue weighted by atomic mass is 10.0. The second-order valence-electron chi connectivity index (χ2n) is 2.40. The number of carbonyl (C=O) groups is 2. The SMILES string of the molecule is CC(=O)C(C(=O)O)c1cccs1. The largest absolute Gasteiger partial charge is 0.480 e. The molecule has 0 saturated carbocycles. The Balaban J connectivity index is 2.96. The highest BCUT2D eigenvalue weighted by atomic mass is 32.1. The second kappa shape index (κ2) is 3.49. The van der Waals surface area contributed by atoms with Crippen molar-refractivity contribution in [2.75, 3.05) is 0 Å².